The van der Waals surface area contributed by atoms with E-state index in [4.69, 9.17) is 4.74 Å². The second kappa shape index (κ2) is 6.01. The van der Waals surface area contributed by atoms with Crippen LogP contribution in [0.25, 0.3) is 0 Å². The normalized spacial score (nSPS) is 16.4. The number of nitrogens with zero attached hydrogens (tertiary/aromatic N) is 1. The summed E-state index contributed by atoms with van der Waals surface area (Å²) in [5.41, 5.74) is 1.92. The number of aromatic nitrogens is 1. The van der Waals surface area contributed by atoms with E-state index in [0.29, 0.717) is 12.0 Å². The fraction of sp³-hybridized carbons (Fsp3) is 0.643. The molecule has 3 heteroatoms. The van der Waals surface area contributed by atoms with Gasteiger partial charge >= 0.3 is 0 Å². The van der Waals surface area contributed by atoms with Crippen molar-refractivity contribution >= 4 is 0 Å². The summed E-state index contributed by atoms with van der Waals surface area (Å²) in [6.07, 6.45) is 7.10. The van der Waals surface area contributed by atoms with Gasteiger partial charge in [-0.3, -0.25) is 0 Å². The standard InChI is InChI=1S/C14H21NO2/c1-2-5-12-8-11(10-16)9-14(15-12)17-13-6-3-4-7-13/h8-9,13,16H,2-7,10H2,1H3. The van der Waals surface area contributed by atoms with Crippen LogP contribution in [-0.2, 0) is 13.0 Å². The van der Waals surface area contributed by atoms with Gasteiger partial charge in [0.25, 0.3) is 0 Å². The molecule has 2 rings (SSSR count). The Hall–Kier alpha value is -1.09. The molecule has 0 spiro atoms. The highest BCUT2D eigenvalue weighted by Crippen LogP contribution is 2.24. The largest absolute Gasteiger partial charge is 0.474 e. The molecule has 1 aromatic heterocycles. The van der Waals surface area contributed by atoms with Gasteiger partial charge in [-0.1, -0.05) is 13.3 Å². The lowest BCUT2D eigenvalue weighted by molar-refractivity contribution is 0.199. The van der Waals surface area contributed by atoms with Crippen LogP contribution in [0, 0.1) is 0 Å². The van der Waals surface area contributed by atoms with E-state index < -0.39 is 0 Å². The Kier molecular flexibility index (Phi) is 4.37. The first kappa shape index (κ1) is 12.4. The predicted molar refractivity (Wildman–Crippen MR) is 67.0 cm³/mol. The average molecular weight is 235 g/mol. The van der Waals surface area contributed by atoms with Gasteiger partial charge in [0.05, 0.1) is 6.61 Å². The van der Waals surface area contributed by atoms with Gasteiger partial charge in [-0.05, 0) is 43.7 Å². The minimum atomic E-state index is 0.0558. The molecule has 0 atom stereocenters. The Bertz CT molecular complexity index is 359. The second-order valence-electron chi connectivity index (χ2n) is 4.74. The molecule has 1 aliphatic rings. The number of pyridine rings is 1. The van der Waals surface area contributed by atoms with Gasteiger partial charge in [0.1, 0.15) is 6.10 Å². The van der Waals surface area contributed by atoms with Crippen LogP contribution in [0.3, 0.4) is 0 Å². The van der Waals surface area contributed by atoms with Crippen molar-refractivity contribution in [2.75, 3.05) is 0 Å². The van der Waals surface area contributed by atoms with Gasteiger partial charge in [-0.2, -0.15) is 0 Å². The molecule has 0 saturated heterocycles. The van der Waals surface area contributed by atoms with Crippen molar-refractivity contribution in [3.8, 4) is 5.88 Å². The van der Waals surface area contributed by atoms with E-state index in [0.717, 1.165) is 36.9 Å². The molecule has 1 N–H and O–H groups in total. The summed E-state index contributed by atoms with van der Waals surface area (Å²) in [7, 11) is 0. The monoisotopic (exact) mass is 235 g/mol. The van der Waals surface area contributed by atoms with Crippen LogP contribution < -0.4 is 4.74 Å². The van der Waals surface area contributed by atoms with Gasteiger partial charge in [-0.15, -0.1) is 0 Å². The number of aryl methyl sites for hydroxylation is 1. The van der Waals surface area contributed by atoms with Crippen LogP contribution in [0.4, 0.5) is 0 Å². The van der Waals surface area contributed by atoms with Crippen molar-refractivity contribution in [1.29, 1.82) is 0 Å². The van der Waals surface area contributed by atoms with Crippen LogP contribution in [-0.4, -0.2) is 16.2 Å². The predicted octanol–water partition coefficient (Wildman–Crippen LogP) is 2.85. The minimum absolute atomic E-state index is 0.0558. The molecule has 1 heterocycles. The first-order valence-electron chi connectivity index (χ1n) is 6.59. The highest BCUT2D eigenvalue weighted by molar-refractivity contribution is 5.25. The van der Waals surface area contributed by atoms with Crippen LogP contribution >= 0.6 is 0 Å². The van der Waals surface area contributed by atoms with E-state index in [1.807, 2.05) is 12.1 Å². The smallest absolute Gasteiger partial charge is 0.214 e. The molecule has 0 bridgehead atoms. The van der Waals surface area contributed by atoms with Gasteiger partial charge in [-0.25, -0.2) is 4.98 Å². The SMILES string of the molecule is CCCc1cc(CO)cc(OC2CCCC2)n1. The third-order valence-electron chi connectivity index (χ3n) is 3.19. The molecule has 1 fully saturated rings. The van der Waals surface area contributed by atoms with E-state index in [1.165, 1.54) is 12.8 Å². The molecule has 0 radical (unpaired) electrons. The summed E-state index contributed by atoms with van der Waals surface area (Å²) in [6, 6.07) is 3.82. The van der Waals surface area contributed by atoms with Crippen molar-refractivity contribution in [3.05, 3.63) is 23.4 Å². The van der Waals surface area contributed by atoms with E-state index in [-0.39, 0.29) is 6.61 Å². The highest BCUT2D eigenvalue weighted by atomic mass is 16.5. The summed E-state index contributed by atoms with van der Waals surface area (Å²) in [6.45, 7) is 2.19. The summed E-state index contributed by atoms with van der Waals surface area (Å²) >= 11 is 0. The summed E-state index contributed by atoms with van der Waals surface area (Å²) in [4.78, 5) is 4.50. The number of hydrogen-bond acceptors (Lipinski definition) is 3. The summed E-state index contributed by atoms with van der Waals surface area (Å²) in [5, 5.41) is 9.23. The maximum absolute atomic E-state index is 9.23. The minimum Gasteiger partial charge on any atom is -0.474 e. The molecule has 1 saturated carbocycles. The topological polar surface area (TPSA) is 42.4 Å². The molecular weight excluding hydrogens is 214 g/mol. The molecule has 3 nitrogen and oxygen atoms in total. The van der Waals surface area contributed by atoms with Crippen LogP contribution in [0.1, 0.15) is 50.3 Å². The molecule has 0 aliphatic heterocycles. The van der Waals surface area contributed by atoms with E-state index in [9.17, 15) is 5.11 Å². The van der Waals surface area contributed by atoms with E-state index >= 15 is 0 Å². The van der Waals surface area contributed by atoms with Crippen molar-refractivity contribution in [2.24, 2.45) is 0 Å². The number of aliphatic hydroxyl groups is 1. The average Bonchev–Trinajstić information content (AvgIpc) is 2.82. The number of rotatable bonds is 5. The first-order chi connectivity index (χ1) is 8.31. The molecule has 1 aromatic rings. The Labute approximate surface area is 103 Å². The lowest BCUT2D eigenvalue weighted by atomic mass is 10.2. The number of hydrogen-bond donors (Lipinski definition) is 1. The lowest BCUT2D eigenvalue weighted by Gasteiger charge is -2.14. The second-order valence-corrected chi connectivity index (χ2v) is 4.74. The van der Waals surface area contributed by atoms with Gasteiger partial charge in [0, 0.05) is 11.8 Å². The van der Waals surface area contributed by atoms with Crippen molar-refractivity contribution in [2.45, 2.75) is 58.2 Å². The van der Waals surface area contributed by atoms with Crippen LogP contribution in [0.5, 0.6) is 5.88 Å². The van der Waals surface area contributed by atoms with Crippen molar-refractivity contribution < 1.29 is 9.84 Å². The fourth-order valence-electron chi connectivity index (χ4n) is 2.33. The third-order valence-corrected chi connectivity index (χ3v) is 3.19. The van der Waals surface area contributed by atoms with Crippen molar-refractivity contribution in [3.63, 3.8) is 0 Å². The number of ether oxygens (including phenoxy) is 1. The van der Waals surface area contributed by atoms with Gasteiger partial charge in [0.15, 0.2) is 0 Å². The van der Waals surface area contributed by atoms with Crippen LogP contribution in [0.2, 0.25) is 0 Å². The Balaban J connectivity index is 2.10. The van der Waals surface area contributed by atoms with Crippen molar-refractivity contribution in [1.82, 2.24) is 4.98 Å². The highest BCUT2D eigenvalue weighted by Gasteiger charge is 2.17. The van der Waals surface area contributed by atoms with Crippen LogP contribution in [0.15, 0.2) is 12.1 Å². The van der Waals surface area contributed by atoms with Gasteiger partial charge < -0.3 is 9.84 Å². The molecular formula is C14H21NO2. The molecule has 0 amide bonds. The quantitative estimate of drug-likeness (QED) is 0.853. The van der Waals surface area contributed by atoms with E-state index in [1.54, 1.807) is 0 Å². The fourth-order valence-corrected chi connectivity index (χ4v) is 2.33. The molecule has 0 aromatic carbocycles. The maximum atomic E-state index is 9.23. The summed E-state index contributed by atoms with van der Waals surface area (Å²) < 4.78 is 5.88. The lowest BCUT2D eigenvalue weighted by Crippen LogP contribution is -2.12. The Morgan fingerprint density at radius 3 is 2.76 bits per heavy atom. The molecule has 0 unspecified atom stereocenters. The Morgan fingerprint density at radius 2 is 2.12 bits per heavy atom. The number of aliphatic hydroxyl groups excluding tert-OH is 1. The third kappa shape index (κ3) is 3.43. The zero-order valence-electron chi connectivity index (χ0n) is 10.5. The zero-order chi connectivity index (χ0) is 12.1. The molecule has 1 aliphatic carbocycles. The summed E-state index contributed by atoms with van der Waals surface area (Å²) in [5.74, 6) is 0.687. The molecule has 17 heavy (non-hydrogen) atoms. The Morgan fingerprint density at radius 1 is 1.35 bits per heavy atom. The van der Waals surface area contributed by atoms with E-state index in [2.05, 4.69) is 11.9 Å². The first-order valence-corrected chi connectivity index (χ1v) is 6.59. The zero-order valence-corrected chi connectivity index (χ0v) is 10.5. The maximum Gasteiger partial charge on any atom is 0.214 e. The van der Waals surface area contributed by atoms with Gasteiger partial charge in [0.2, 0.25) is 5.88 Å². The molecule has 94 valence electrons.